The monoisotopic (exact) mass is 349 g/mol. The van der Waals surface area contributed by atoms with Gasteiger partial charge in [-0.15, -0.1) is 0 Å². The van der Waals surface area contributed by atoms with Gasteiger partial charge in [-0.2, -0.15) is 0 Å². The van der Waals surface area contributed by atoms with Crippen LogP contribution in [-0.4, -0.2) is 29.6 Å². The first kappa shape index (κ1) is 17.8. The lowest BCUT2D eigenvalue weighted by molar-refractivity contribution is 0.117. The number of aryl methyl sites for hydroxylation is 2. The van der Waals surface area contributed by atoms with Crippen molar-refractivity contribution in [2.24, 2.45) is 5.92 Å². The summed E-state index contributed by atoms with van der Waals surface area (Å²) in [4.78, 5) is 2.64. The molecule has 0 unspecified atom stereocenters. The van der Waals surface area contributed by atoms with Gasteiger partial charge in [-0.3, -0.25) is 0 Å². The van der Waals surface area contributed by atoms with Crippen LogP contribution in [0.1, 0.15) is 60.0 Å². The van der Waals surface area contributed by atoms with E-state index in [-0.39, 0.29) is 6.10 Å². The van der Waals surface area contributed by atoms with E-state index in [0.29, 0.717) is 5.92 Å². The summed E-state index contributed by atoms with van der Waals surface area (Å²) in [6.07, 6.45) is 5.46. The van der Waals surface area contributed by atoms with E-state index in [9.17, 15) is 5.11 Å². The van der Waals surface area contributed by atoms with Gasteiger partial charge in [-0.25, -0.2) is 0 Å². The number of benzene rings is 2. The summed E-state index contributed by atoms with van der Waals surface area (Å²) < 4.78 is 0. The molecule has 2 heteroatoms. The normalized spacial score (nSPS) is 24.8. The van der Waals surface area contributed by atoms with Crippen molar-refractivity contribution in [2.45, 2.75) is 51.0 Å². The largest absolute Gasteiger partial charge is 0.388 e. The molecule has 0 spiro atoms. The van der Waals surface area contributed by atoms with Crippen molar-refractivity contribution >= 4 is 0 Å². The van der Waals surface area contributed by atoms with Gasteiger partial charge < -0.3 is 10.0 Å². The number of nitrogens with zero attached hydrogens (tertiary/aromatic N) is 1. The molecule has 2 aliphatic rings. The van der Waals surface area contributed by atoms with E-state index >= 15 is 0 Å². The fourth-order valence-corrected chi connectivity index (χ4v) is 5.01. The van der Waals surface area contributed by atoms with E-state index in [0.717, 1.165) is 30.9 Å². The molecule has 0 aromatic heterocycles. The van der Waals surface area contributed by atoms with Crippen LogP contribution in [0, 0.1) is 12.8 Å². The van der Waals surface area contributed by atoms with Crippen molar-refractivity contribution in [1.82, 2.24) is 4.90 Å². The lowest BCUT2D eigenvalue weighted by atomic mass is 9.86. The first-order valence-electron chi connectivity index (χ1n) is 10.2. The summed E-state index contributed by atoms with van der Waals surface area (Å²) in [5.74, 6) is 1.32. The van der Waals surface area contributed by atoms with Gasteiger partial charge in [0.1, 0.15) is 0 Å². The van der Waals surface area contributed by atoms with E-state index < -0.39 is 0 Å². The van der Waals surface area contributed by atoms with Crippen molar-refractivity contribution in [1.29, 1.82) is 0 Å². The van der Waals surface area contributed by atoms with Gasteiger partial charge in [0.05, 0.1) is 6.10 Å². The molecule has 138 valence electrons. The molecule has 1 aliphatic carbocycles. The molecule has 1 heterocycles. The van der Waals surface area contributed by atoms with Gasteiger partial charge in [0.2, 0.25) is 0 Å². The zero-order valence-corrected chi connectivity index (χ0v) is 15.9. The molecule has 1 aliphatic heterocycles. The maximum absolute atomic E-state index is 10.6. The Morgan fingerprint density at radius 1 is 0.923 bits per heavy atom. The van der Waals surface area contributed by atoms with E-state index in [1.54, 1.807) is 5.56 Å². The van der Waals surface area contributed by atoms with Crippen LogP contribution in [0.15, 0.2) is 48.5 Å². The molecule has 2 aromatic carbocycles. The summed E-state index contributed by atoms with van der Waals surface area (Å²) in [5, 5.41) is 10.6. The van der Waals surface area contributed by atoms with Gasteiger partial charge in [0.15, 0.2) is 0 Å². The van der Waals surface area contributed by atoms with Crippen molar-refractivity contribution in [3.05, 3.63) is 70.8 Å². The fourth-order valence-electron chi connectivity index (χ4n) is 5.01. The maximum Gasteiger partial charge on any atom is 0.0795 e. The van der Waals surface area contributed by atoms with Gasteiger partial charge in [-0.1, -0.05) is 48.5 Å². The van der Waals surface area contributed by atoms with Gasteiger partial charge in [-0.05, 0) is 86.2 Å². The highest BCUT2D eigenvalue weighted by atomic mass is 16.3. The minimum atomic E-state index is -0.289. The van der Waals surface area contributed by atoms with Crippen molar-refractivity contribution in [2.75, 3.05) is 19.6 Å². The Balaban J connectivity index is 1.33. The van der Waals surface area contributed by atoms with Crippen LogP contribution in [0.25, 0.3) is 0 Å². The first-order chi connectivity index (χ1) is 12.7. The highest BCUT2D eigenvalue weighted by Gasteiger charge is 2.27. The number of fused-ring (bicyclic) bond motifs is 1. The second-order valence-electron chi connectivity index (χ2n) is 8.29. The SMILES string of the molecule is Cc1ccccc1C1CCN(C[C@@H]2CCc3ccccc3[C@H](O)C2)CC1. The highest BCUT2D eigenvalue weighted by Crippen LogP contribution is 2.34. The van der Waals surface area contributed by atoms with Crippen LogP contribution in [-0.2, 0) is 6.42 Å². The minimum absolute atomic E-state index is 0.289. The molecule has 0 saturated carbocycles. The van der Waals surface area contributed by atoms with Crippen molar-refractivity contribution in [3.8, 4) is 0 Å². The average Bonchev–Trinajstić information content (AvgIpc) is 2.82. The molecule has 2 atom stereocenters. The lowest BCUT2D eigenvalue weighted by Gasteiger charge is -2.35. The van der Waals surface area contributed by atoms with Gasteiger partial charge in [0, 0.05) is 6.54 Å². The summed E-state index contributed by atoms with van der Waals surface area (Å²) in [6, 6.07) is 17.3. The highest BCUT2D eigenvalue weighted by molar-refractivity contribution is 5.31. The van der Waals surface area contributed by atoms with Gasteiger partial charge >= 0.3 is 0 Å². The van der Waals surface area contributed by atoms with Crippen LogP contribution in [0.4, 0.5) is 0 Å². The number of likely N-dealkylation sites (tertiary alicyclic amines) is 1. The third kappa shape index (κ3) is 3.87. The molecule has 0 bridgehead atoms. The van der Waals surface area contributed by atoms with Crippen LogP contribution in [0.3, 0.4) is 0 Å². The Kier molecular flexibility index (Phi) is 5.42. The van der Waals surface area contributed by atoms with Crippen molar-refractivity contribution < 1.29 is 5.11 Å². The van der Waals surface area contributed by atoms with Crippen LogP contribution in [0.5, 0.6) is 0 Å². The molecule has 1 N–H and O–H groups in total. The summed E-state index contributed by atoms with van der Waals surface area (Å²) in [5.41, 5.74) is 5.50. The fraction of sp³-hybridized carbons (Fsp3) is 0.500. The van der Waals surface area contributed by atoms with Crippen molar-refractivity contribution in [3.63, 3.8) is 0 Å². The van der Waals surface area contributed by atoms with Crippen LogP contribution in [0.2, 0.25) is 0 Å². The average molecular weight is 350 g/mol. The lowest BCUT2D eigenvalue weighted by Crippen LogP contribution is -2.37. The molecule has 4 rings (SSSR count). The predicted octanol–water partition coefficient (Wildman–Crippen LogP) is 4.86. The van der Waals surface area contributed by atoms with E-state index in [4.69, 9.17) is 0 Å². The molecular weight excluding hydrogens is 318 g/mol. The molecule has 2 aromatic rings. The zero-order valence-electron chi connectivity index (χ0n) is 15.9. The number of hydrogen-bond donors (Lipinski definition) is 1. The first-order valence-corrected chi connectivity index (χ1v) is 10.2. The number of aliphatic hydroxyl groups is 1. The summed E-state index contributed by atoms with van der Waals surface area (Å²) in [6.45, 7) is 5.77. The second-order valence-corrected chi connectivity index (χ2v) is 8.29. The molecular formula is C24H31NO. The third-order valence-corrected chi connectivity index (χ3v) is 6.52. The minimum Gasteiger partial charge on any atom is -0.388 e. The van der Waals surface area contributed by atoms with Gasteiger partial charge in [0.25, 0.3) is 0 Å². The maximum atomic E-state index is 10.6. The smallest absolute Gasteiger partial charge is 0.0795 e. The van der Waals surface area contributed by atoms with E-state index in [1.807, 2.05) is 0 Å². The topological polar surface area (TPSA) is 23.5 Å². The number of aliphatic hydroxyl groups excluding tert-OH is 1. The zero-order chi connectivity index (χ0) is 17.9. The molecule has 1 fully saturated rings. The summed E-state index contributed by atoms with van der Waals surface area (Å²) in [7, 11) is 0. The summed E-state index contributed by atoms with van der Waals surface area (Å²) >= 11 is 0. The van der Waals surface area contributed by atoms with Crippen LogP contribution >= 0.6 is 0 Å². The van der Waals surface area contributed by atoms with E-state index in [2.05, 4.69) is 60.4 Å². The molecule has 0 radical (unpaired) electrons. The molecule has 26 heavy (non-hydrogen) atoms. The van der Waals surface area contributed by atoms with Crippen LogP contribution < -0.4 is 0 Å². The molecule has 1 saturated heterocycles. The third-order valence-electron chi connectivity index (χ3n) is 6.52. The Hall–Kier alpha value is -1.64. The Bertz CT molecular complexity index is 732. The Morgan fingerprint density at radius 2 is 1.62 bits per heavy atom. The standard InChI is InChI=1S/C24H31NO/c1-18-6-2-4-8-22(18)21-12-14-25(15-13-21)17-19-10-11-20-7-3-5-9-23(20)24(26)16-19/h2-9,19,21,24,26H,10-17H2,1H3/t19-,24-/m1/s1. The number of piperidine rings is 1. The Morgan fingerprint density at radius 3 is 2.38 bits per heavy atom. The predicted molar refractivity (Wildman–Crippen MR) is 107 cm³/mol. The number of rotatable bonds is 3. The molecule has 0 amide bonds. The Labute approximate surface area is 157 Å². The number of hydrogen-bond acceptors (Lipinski definition) is 2. The second kappa shape index (κ2) is 7.94. The molecule has 2 nitrogen and oxygen atoms in total. The quantitative estimate of drug-likeness (QED) is 0.800. The van der Waals surface area contributed by atoms with E-state index in [1.165, 1.54) is 43.5 Å².